The van der Waals surface area contributed by atoms with E-state index >= 15 is 0 Å². The molecule has 1 unspecified atom stereocenters. The first-order valence-electron chi connectivity index (χ1n) is 13.1. The van der Waals surface area contributed by atoms with Gasteiger partial charge < -0.3 is 19.5 Å². The van der Waals surface area contributed by atoms with Gasteiger partial charge in [-0.15, -0.1) is 11.8 Å². The zero-order valence-electron chi connectivity index (χ0n) is 23.3. The molecule has 5 aromatic rings. The fourth-order valence-electron chi connectivity index (χ4n) is 4.10. The second-order valence-corrected chi connectivity index (χ2v) is 10.2. The van der Waals surface area contributed by atoms with Gasteiger partial charge in [0.1, 0.15) is 21.9 Å². The molecular formula is C30H26ClN5O6S. The lowest BCUT2D eigenvalue weighted by Crippen LogP contribution is -2.33. The van der Waals surface area contributed by atoms with Crippen LogP contribution in [0.15, 0.2) is 88.7 Å². The number of halogens is 1. The minimum Gasteiger partial charge on any atom is -0.479 e. The van der Waals surface area contributed by atoms with Crippen molar-refractivity contribution >= 4 is 52.1 Å². The van der Waals surface area contributed by atoms with Gasteiger partial charge in [-0.2, -0.15) is 14.6 Å². The largest absolute Gasteiger partial charge is 0.479 e. The Morgan fingerprint density at radius 1 is 1.00 bits per heavy atom. The van der Waals surface area contributed by atoms with Crippen molar-refractivity contribution in [1.82, 2.24) is 19.3 Å². The number of nitrogens with one attached hydrogen (secondary N) is 1. The lowest BCUT2D eigenvalue weighted by Gasteiger charge is -2.15. The third-order valence-corrected chi connectivity index (χ3v) is 7.12. The topological polar surface area (TPSA) is 127 Å². The van der Waals surface area contributed by atoms with Crippen LogP contribution < -0.4 is 20.3 Å². The Morgan fingerprint density at radius 2 is 1.67 bits per heavy atom. The molecule has 0 aliphatic heterocycles. The van der Waals surface area contributed by atoms with Crippen molar-refractivity contribution in [2.24, 2.45) is 0 Å². The van der Waals surface area contributed by atoms with Gasteiger partial charge in [-0.3, -0.25) is 4.79 Å². The van der Waals surface area contributed by atoms with Gasteiger partial charge in [-0.05, 0) is 68.6 Å². The summed E-state index contributed by atoms with van der Waals surface area (Å²) in [5, 5.41) is 8.08. The zero-order valence-corrected chi connectivity index (χ0v) is 24.9. The normalized spacial score (nSPS) is 11.6. The molecule has 13 heteroatoms. The van der Waals surface area contributed by atoms with Crippen LogP contribution in [0.5, 0.6) is 17.5 Å². The maximum Gasteiger partial charge on any atom is 0.347 e. The van der Waals surface area contributed by atoms with Crippen molar-refractivity contribution in [1.29, 1.82) is 0 Å². The summed E-state index contributed by atoms with van der Waals surface area (Å²) in [4.78, 5) is 44.1. The molecule has 0 aliphatic carbocycles. The predicted molar refractivity (Wildman–Crippen MR) is 164 cm³/mol. The molecule has 0 spiro atoms. The van der Waals surface area contributed by atoms with Crippen LogP contribution in [-0.2, 0) is 9.53 Å². The number of thioether (sulfide) groups is 1. The summed E-state index contributed by atoms with van der Waals surface area (Å²) in [6, 6.07) is 21.0. The molecule has 3 aromatic carbocycles. The summed E-state index contributed by atoms with van der Waals surface area (Å²) in [6.45, 7) is 3.53. The van der Waals surface area contributed by atoms with Gasteiger partial charge in [0, 0.05) is 0 Å². The molecule has 5 rings (SSSR count). The van der Waals surface area contributed by atoms with Crippen LogP contribution >= 0.6 is 23.4 Å². The van der Waals surface area contributed by atoms with Crippen LogP contribution in [0.4, 0.5) is 10.5 Å². The number of carbonyl (C=O) groups excluding carboxylic acids is 2. The summed E-state index contributed by atoms with van der Waals surface area (Å²) in [5.41, 5.74) is 0.496. The van der Waals surface area contributed by atoms with E-state index in [9.17, 15) is 14.4 Å². The Bertz CT molecular complexity index is 1840. The van der Waals surface area contributed by atoms with E-state index in [1.807, 2.05) is 30.3 Å². The monoisotopic (exact) mass is 619 g/mol. The van der Waals surface area contributed by atoms with E-state index in [0.29, 0.717) is 22.2 Å². The van der Waals surface area contributed by atoms with Crippen LogP contribution in [0.2, 0.25) is 5.02 Å². The summed E-state index contributed by atoms with van der Waals surface area (Å²) < 4.78 is 19.0. The smallest absolute Gasteiger partial charge is 0.347 e. The van der Waals surface area contributed by atoms with E-state index in [2.05, 4.69) is 15.4 Å². The molecule has 220 valence electrons. The predicted octanol–water partition coefficient (Wildman–Crippen LogP) is 6.16. The van der Waals surface area contributed by atoms with Crippen LogP contribution in [0.1, 0.15) is 13.8 Å². The summed E-state index contributed by atoms with van der Waals surface area (Å²) in [6.07, 6.45) is 0.958. The van der Waals surface area contributed by atoms with Crippen molar-refractivity contribution < 1.29 is 23.8 Å². The van der Waals surface area contributed by atoms with E-state index in [4.69, 9.17) is 25.8 Å². The molecule has 1 amide bonds. The third-order valence-electron chi connectivity index (χ3n) is 6.12. The van der Waals surface area contributed by atoms with E-state index < -0.39 is 23.7 Å². The SMILES string of the molecule is CCOC(=O)C(C)Oc1ccc(Oc2nc3c(c(SC)nn3-c3ccccc3)c(=O)n2C(=O)Nc2ccccc2Cl)cc1. The van der Waals surface area contributed by atoms with Crippen molar-refractivity contribution in [2.75, 3.05) is 18.2 Å². The van der Waals surface area contributed by atoms with E-state index in [1.165, 1.54) is 16.4 Å². The molecule has 0 bridgehead atoms. The first kappa shape index (κ1) is 29.7. The highest BCUT2D eigenvalue weighted by atomic mass is 35.5. The maximum atomic E-state index is 14.0. The van der Waals surface area contributed by atoms with Crippen LogP contribution in [0.3, 0.4) is 0 Å². The third kappa shape index (κ3) is 6.35. The number of anilines is 1. The van der Waals surface area contributed by atoms with Crippen molar-refractivity contribution in [3.8, 4) is 23.2 Å². The molecule has 1 N–H and O–H groups in total. The van der Waals surface area contributed by atoms with Crippen molar-refractivity contribution in [2.45, 2.75) is 25.0 Å². The summed E-state index contributed by atoms with van der Waals surface area (Å²) >= 11 is 7.51. The molecule has 1 atom stereocenters. The standard InChI is InChI=1S/C30H26ClN5O6S/c1-4-40-28(38)18(2)41-20-14-16-21(17-15-20)42-30-33-25-24(26(43-3)34-36(25)19-10-6-5-7-11-19)27(37)35(30)29(39)32-23-13-9-8-12-22(23)31/h5-18H,4H2,1-3H3,(H,32,39). The minimum absolute atomic E-state index is 0.148. The van der Waals surface area contributed by atoms with E-state index in [0.717, 1.165) is 4.57 Å². The van der Waals surface area contributed by atoms with Crippen molar-refractivity contribution in [3.05, 3.63) is 94.2 Å². The van der Waals surface area contributed by atoms with Crippen LogP contribution in [-0.4, -0.2) is 50.3 Å². The zero-order chi connectivity index (χ0) is 30.5. The number of ether oxygens (including phenoxy) is 3. The molecule has 11 nitrogen and oxygen atoms in total. The van der Waals surface area contributed by atoms with Gasteiger partial charge in [0.15, 0.2) is 11.8 Å². The number of carbonyl (C=O) groups is 2. The Morgan fingerprint density at radius 3 is 2.35 bits per heavy atom. The van der Waals surface area contributed by atoms with Gasteiger partial charge in [-0.25, -0.2) is 14.3 Å². The number of nitrogens with zero attached hydrogens (tertiary/aromatic N) is 4. The fourth-order valence-corrected chi connectivity index (χ4v) is 4.83. The number of benzene rings is 3. The molecular weight excluding hydrogens is 594 g/mol. The lowest BCUT2D eigenvalue weighted by molar-refractivity contribution is -0.150. The summed E-state index contributed by atoms with van der Waals surface area (Å²) in [5.74, 6) is 0.142. The van der Waals surface area contributed by atoms with Crippen LogP contribution in [0, 0.1) is 0 Å². The number of hydrogen-bond donors (Lipinski definition) is 1. The molecule has 0 radical (unpaired) electrons. The highest BCUT2D eigenvalue weighted by molar-refractivity contribution is 7.98. The molecule has 2 aromatic heterocycles. The molecule has 0 fully saturated rings. The molecule has 0 saturated carbocycles. The van der Waals surface area contributed by atoms with E-state index in [-0.39, 0.29) is 34.4 Å². The number of rotatable bonds is 9. The van der Waals surface area contributed by atoms with Gasteiger partial charge in [0.25, 0.3) is 5.56 Å². The number of esters is 1. The minimum atomic E-state index is -0.828. The molecule has 0 saturated heterocycles. The Hall–Kier alpha value is -4.81. The van der Waals surface area contributed by atoms with Gasteiger partial charge in [0.05, 0.1) is 23.0 Å². The van der Waals surface area contributed by atoms with Gasteiger partial charge >= 0.3 is 18.0 Å². The van der Waals surface area contributed by atoms with Gasteiger partial charge in [-0.1, -0.05) is 41.9 Å². The average molecular weight is 620 g/mol. The highest BCUT2D eigenvalue weighted by Crippen LogP contribution is 2.29. The average Bonchev–Trinajstić information content (AvgIpc) is 3.39. The number of aromatic nitrogens is 4. The van der Waals surface area contributed by atoms with Crippen molar-refractivity contribution in [3.63, 3.8) is 0 Å². The van der Waals surface area contributed by atoms with E-state index in [1.54, 1.807) is 68.6 Å². The lowest BCUT2D eigenvalue weighted by atomic mass is 10.3. The molecule has 0 aliphatic rings. The maximum absolute atomic E-state index is 14.0. The Labute approximate surface area is 255 Å². The van der Waals surface area contributed by atoms with Crippen LogP contribution in [0.25, 0.3) is 16.7 Å². The van der Waals surface area contributed by atoms with Gasteiger partial charge in [0.2, 0.25) is 0 Å². The molecule has 43 heavy (non-hydrogen) atoms. The number of para-hydroxylation sites is 2. The second-order valence-electron chi connectivity index (χ2n) is 8.99. The number of fused-ring (bicyclic) bond motifs is 1. The second kappa shape index (κ2) is 13.0. The first-order valence-corrected chi connectivity index (χ1v) is 14.7. The highest BCUT2D eigenvalue weighted by Gasteiger charge is 2.26. The quantitative estimate of drug-likeness (QED) is 0.152. The Balaban J connectivity index is 1.58. The number of hydrogen-bond acceptors (Lipinski definition) is 9. The number of amides is 1. The summed E-state index contributed by atoms with van der Waals surface area (Å²) in [7, 11) is 0. The first-order chi connectivity index (χ1) is 20.8. The fraction of sp³-hybridized carbons (Fsp3) is 0.167. The molecule has 2 heterocycles. The Kier molecular flexibility index (Phi) is 8.98.